The number of likely N-dealkylation sites (N-methyl/N-ethyl adjacent to an activating group) is 1. The standard InChI is InChI=1S/C19H23FN6O2/c1-24-9-10-26(11-15(24)17-21-7-8-25(17)2)19(28)23-14-4-3-13-12(16(14)20)5-6-22-18(13)27/h3-4,7-8,15H,5-6,9-11H2,1-2H3,(H,22,27)(H,23,28). The van der Waals surface area contributed by atoms with Crippen LogP contribution in [0, 0.1) is 5.82 Å². The predicted molar refractivity (Wildman–Crippen MR) is 102 cm³/mol. The number of amides is 3. The zero-order chi connectivity index (χ0) is 19.8. The minimum atomic E-state index is -0.532. The van der Waals surface area contributed by atoms with Crippen molar-refractivity contribution in [3.05, 3.63) is 47.3 Å². The van der Waals surface area contributed by atoms with Crippen molar-refractivity contribution in [2.24, 2.45) is 7.05 Å². The number of nitrogens with one attached hydrogen (secondary N) is 2. The number of aromatic nitrogens is 2. The molecule has 1 aromatic heterocycles. The van der Waals surface area contributed by atoms with Crippen LogP contribution in [0.1, 0.15) is 27.8 Å². The van der Waals surface area contributed by atoms with Gasteiger partial charge in [-0.2, -0.15) is 0 Å². The Balaban J connectivity index is 1.51. The molecule has 1 atom stereocenters. The monoisotopic (exact) mass is 386 g/mol. The number of halogens is 1. The quantitative estimate of drug-likeness (QED) is 0.817. The number of carbonyl (C=O) groups is 2. The molecule has 2 N–H and O–H groups in total. The van der Waals surface area contributed by atoms with Gasteiger partial charge in [-0.1, -0.05) is 0 Å². The van der Waals surface area contributed by atoms with E-state index in [9.17, 15) is 14.0 Å². The van der Waals surface area contributed by atoms with E-state index in [4.69, 9.17) is 0 Å². The zero-order valence-corrected chi connectivity index (χ0v) is 15.9. The molecule has 2 aliphatic heterocycles. The molecule has 0 spiro atoms. The van der Waals surface area contributed by atoms with Crippen LogP contribution in [0.3, 0.4) is 0 Å². The first-order valence-corrected chi connectivity index (χ1v) is 9.28. The van der Waals surface area contributed by atoms with Crippen LogP contribution < -0.4 is 10.6 Å². The maximum Gasteiger partial charge on any atom is 0.322 e. The molecule has 2 aliphatic rings. The number of nitrogens with zero attached hydrogens (tertiary/aromatic N) is 4. The number of imidazole rings is 1. The molecule has 28 heavy (non-hydrogen) atoms. The van der Waals surface area contributed by atoms with Gasteiger partial charge in [-0.05, 0) is 25.6 Å². The van der Waals surface area contributed by atoms with Crippen LogP contribution in [0.15, 0.2) is 24.5 Å². The summed E-state index contributed by atoms with van der Waals surface area (Å²) >= 11 is 0. The Morgan fingerprint density at radius 1 is 1.32 bits per heavy atom. The van der Waals surface area contributed by atoms with Crippen molar-refractivity contribution in [1.29, 1.82) is 0 Å². The van der Waals surface area contributed by atoms with Gasteiger partial charge in [0.25, 0.3) is 5.91 Å². The van der Waals surface area contributed by atoms with E-state index in [0.717, 1.165) is 5.82 Å². The molecule has 1 fully saturated rings. The van der Waals surface area contributed by atoms with E-state index in [-0.39, 0.29) is 23.7 Å². The average Bonchev–Trinajstić information content (AvgIpc) is 3.10. The van der Waals surface area contributed by atoms with Crippen LogP contribution in [-0.2, 0) is 13.5 Å². The third-order valence-electron chi connectivity index (χ3n) is 5.48. The van der Waals surface area contributed by atoms with E-state index >= 15 is 0 Å². The van der Waals surface area contributed by atoms with E-state index in [1.807, 2.05) is 24.9 Å². The second-order valence-corrected chi connectivity index (χ2v) is 7.23. The van der Waals surface area contributed by atoms with Gasteiger partial charge in [-0.3, -0.25) is 9.69 Å². The number of rotatable bonds is 2. The lowest BCUT2D eigenvalue weighted by Gasteiger charge is -2.38. The number of anilines is 1. The van der Waals surface area contributed by atoms with Gasteiger partial charge in [-0.15, -0.1) is 0 Å². The third kappa shape index (κ3) is 3.22. The third-order valence-corrected chi connectivity index (χ3v) is 5.48. The van der Waals surface area contributed by atoms with Crippen molar-refractivity contribution < 1.29 is 14.0 Å². The van der Waals surface area contributed by atoms with E-state index in [1.165, 1.54) is 6.07 Å². The maximum atomic E-state index is 14.8. The first-order valence-electron chi connectivity index (χ1n) is 9.28. The van der Waals surface area contributed by atoms with Gasteiger partial charge in [0, 0.05) is 56.7 Å². The fraction of sp³-hybridized carbons (Fsp3) is 0.421. The van der Waals surface area contributed by atoms with Gasteiger partial charge in [0.15, 0.2) is 5.82 Å². The highest BCUT2D eigenvalue weighted by molar-refractivity contribution is 5.98. The molecule has 1 saturated heterocycles. The summed E-state index contributed by atoms with van der Waals surface area (Å²) in [5.74, 6) is 0.0662. The topological polar surface area (TPSA) is 82.5 Å². The number of benzene rings is 1. The highest BCUT2D eigenvalue weighted by Crippen LogP contribution is 2.26. The summed E-state index contributed by atoms with van der Waals surface area (Å²) in [6.07, 6.45) is 4.02. The van der Waals surface area contributed by atoms with E-state index in [2.05, 4.69) is 20.5 Å². The number of hydrogen-bond acceptors (Lipinski definition) is 4. The lowest BCUT2D eigenvalue weighted by molar-refractivity contribution is 0.0945. The Kier molecular flexibility index (Phi) is 4.76. The number of piperazine rings is 1. The molecule has 3 amide bonds. The SMILES string of the molecule is CN1CCN(C(=O)Nc2ccc3c(c2F)CCNC3=O)CC1c1nccn1C. The molecule has 1 unspecified atom stereocenters. The predicted octanol–water partition coefficient (Wildman–Crippen LogP) is 1.37. The second kappa shape index (κ2) is 7.23. The van der Waals surface area contributed by atoms with Crippen LogP contribution >= 0.6 is 0 Å². The van der Waals surface area contributed by atoms with Gasteiger partial charge < -0.3 is 20.1 Å². The summed E-state index contributed by atoms with van der Waals surface area (Å²) in [6.45, 7) is 2.09. The first-order chi connectivity index (χ1) is 13.5. The molecular weight excluding hydrogens is 363 g/mol. The summed E-state index contributed by atoms with van der Waals surface area (Å²) in [5, 5.41) is 5.37. The van der Waals surface area contributed by atoms with Gasteiger partial charge in [0.1, 0.15) is 5.82 Å². The highest BCUT2D eigenvalue weighted by Gasteiger charge is 2.31. The maximum absolute atomic E-state index is 14.8. The molecule has 4 rings (SSSR count). The number of hydrogen-bond donors (Lipinski definition) is 2. The Morgan fingerprint density at radius 3 is 2.89 bits per heavy atom. The minimum Gasteiger partial charge on any atom is -0.352 e. The summed E-state index contributed by atoms with van der Waals surface area (Å²) in [5.41, 5.74) is 0.785. The zero-order valence-electron chi connectivity index (χ0n) is 15.9. The molecule has 0 bridgehead atoms. The molecular formula is C19H23FN6O2. The van der Waals surface area contributed by atoms with Gasteiger partial charge in [-0.25, -0.2) is 14.2 Å². The van der Waals surface area contributed by atoms with Gasteiger partial charge in [0.2, 0.25) is 0 Å². The Bertz CT molecular complexity index is 927. The minimum absolute atomic E-state index is 0.0309. The number of urea groups is 1. The van der Waals surface area contributed by atoms with Crippen molar-refractivity contribution in [2.75, 3.05) is 38.5 Å². The molecule has 1 aromatic carbocycles. The van der Waals surface area contributed by atoms with Crippen molar-refractivity contribution in [3.8, 4) is 0 Å². The van der Waals surface area contributed by atoms with Crippen molar-refractivity contribution >= 4 is 17.6 Å². The van der Waals surface area contributed by atoms with Crippen LogP contribution in [0.4, 0.5) is 14.9 Å². The molecule has 148 valence electrons. The number of fused-ring (bicyclic) bond motifs is 1. The number of aryl methyl sites for hydroxylation is 1. The van der Waals surface area contributed by atoms with E-state index in [1.54, 1.807) is 17.2 Å². The fourth-order valence-corrected chi connectivity index (χ4v) is 3.80. The van der Waals surface area contributed by atoms with Crippen molar-refractivity contribution in [3.63, 3.8) is 0 Å². The van der Waals surface area contributed by atoms with Crippen LogP contribution in [-0.4, -0.2) is 64.5 Å². The lowest BCUT2D eigenvalue weighted by atomic mass is 9.99. The molecule has 2 aromatic rings. The number of carbonyl (C=O) groups excluding carboxylic acids is 2. The van der Waals surface area contributed by atoms with Crippen LogP contribution in [0.2, 0.25) is 0 Å². The van der Waals surface area contributed by atoms with Crippen molar-refractivity contribution in [2.45, 2.75) is 12.5 Å². The molecule has 3 heterocycles. The Hall–Kier alpha value is -2.94. The summed E-state index contributed by atoms with van der Waals surface area (Å²) in [7, 11) is 3.93. The smallest absolute Gasteiger partial charge is 0.322 e. The average molecular weight is 386 g/mol. The van der Waals surface area contributed by atoms with Crippen LogP contribution in [0.25, 0.3) is 0 Å². The van der Waals surface area contributed by atoms with Gasteiger partial charge in [0.05, 0.1) is 11.7 Å². The summed E-state index contributed by atoms with van der Waals surface area (Å²) in [6, 6.07) is 2.62. The Morgan fingerprint density at radius 2 is 2.14 bits per heavy atom. The molecule has 8 nitrogen and oxygen atoms in total. The summed E-state index contributed by atoms with van der Waals surface area (Å²) in [4.78, 5) is 32.9. The fourth-order valence-electron chi connectivity index (χ4n) is 3.80. The Labute approximate surface area is 162 Å². The molecule has 0 radical (unpaired) electrons. The highest BCUT2D eigenvalue weighted by atomic mass is 19.1. The van der Waals surface area contributed by atoms with E-state index < -0.39 is 5.82 Å². The van der Waals surface area contributed by atoms with Crippen molar-refractivity contribution in [1.82, 2.24) is 24.7 Å². The van der Waals surface area contributed by atoms with E-state index in [0.29, 0.717) is 43.7 Å². The largest absolute Gasteiger partial charge is 0.352 e. The van der Waals surface area contributed by atoms with Crippen LogP contribution in [0.5, 0.6) is 0 Å². The van der Waals surface area contributed by atoms with Gasteiger partial charge >= 0.3 is 6.03 Å². The summed E-state index contributed by atoms with van der Waals surface area (Å²) < 4.78 is 16.8. The lowest BCUT2D eigenvalue weighted by Crippen LogP contribution is -2.50. The molecule has 9 heteroatoms. The second-order valence-electron chi connectivity index (χ2n) is 7.23. The first kappa shape index (κ1) is 18.4. The normalized spacial score (nSPS) is 19.9. The molecule has 0 saturated carbocycles. The molecule has 0 aliphatic carbocycles.